The molecule has 1 aromatic rings. The smallest absolute Gasteiger partial charge is 0.347 e. The van der Waals surface area contributed by atoms with E-state index in [9.17, 15) is 4.79 Å². The number of nitrogens with two attached hydrogens (primary N) is 2. The van der Waals surface area contributed by atoms with Crippen LogP contribution in [0.15, 0.2) is 36.2 Å². The number of carbonyl (C=O) groups excluding carboxylic acids is 1. The van der Waals surface area contributed by atoms with Gasteiger partial charge in [-0.15, -0.1) is 0 Å². The summed E-state index contributed by atoms with van der Waals surface area (Å²) in [7, 11) is 0. The minimum atomic E-state index is -0.391. The number of esters is 1. The zero-order valence-corrected chi connectivity index (χ0v) is 27.0. The number of carbonyl (C=O) groups is 1. The van der Waals surface area contributed by atoms with Crippen LogP contribution in [0.25, 0.3) is 5.57 Å². The molecule has 0 heterocycles. The number of hydrogen-bond acceptors (Lipinski definition) is 4. The Morgan fingerprint density at radius 2 is 1.74 bits per heavy atom. The van der Waals surface area contributed by atoms with Crippen molar-refractivity contribution in [2.45, 2.75) is 118 Å². The molecule has 4 aliphatic carbocycles. The van der Waals surface area contributed by atoms with Crippen LogP contribution in [0.2, 0.25) is 0 Å². The van der Waals surface area contributed by atoms with Crippen LogP contribution < -0.4 is 11.5 Å². The molecule has 4 saturated carbocycles. The van der Waals surface area contributed by atoms with Gasteiger partial charge in [-0.2, -0.15) is 0 Å². The molecule has 42 heavy (non-hydrogen) atoms. The fourth-order valence-corrected chi connectivity index (χ4v) is 10.7. The lowest BCUT2D eigenvalue weighted by molar-refractivity contribution is -0.157. The van der Waals surface area contributed by atoms with Gasteiger partial charge >= 0.3 is 5.97 Å². The molecule has 0 saturated heterocycles. The van der Waals surface area contributed by atoms with Crippen LogP contribution in [0.5, 0.6) is 0 Å². The second-order valence-electron chi connectivity index (χ2n) is 15.5. The average molecular weight is 573 g/mol. The van der Waals surface area contributed by atoms with Crippen molar-refractivity contribution in [3.8, 4) is 0 Å². The Bertz CT molecular complexity index is 1240. The van der Waals surface area contributed by atoms with Gasteiger partial charge in [-0.1, -0.05) is 65.3 Å². The first kappa shape index (κ1) is 31.0. The molecular weight excluding hydrogens is 516 g/mol. The fourth-order valence-electron chi connectivity index (χ4n) is 10.7. The van der Waals surface area contributed by atoms with Crippen molar-refractivity contribution in [3.05, 3.63) is 41.8 Å². The van der Waals surface area contributed by atoms with Gasteiger partial charge in [0.05, 0.1) is 0 Å². The first-order chi connectivity index (χ1) is 20.0. The topological polar surface area (TPSA) is 78.3 Å². The predicted molar refractivity (Wildman–Crippen MR) is 174 cm³/mol. The van der Waals surface area contributed by atoms with Gasteiger partial charge in [-0.3, -0.25) is 0 Å². The Morgan fingerprint density at radius 3 is 2.45 bits per heavy atom. The van der Waals surface area contributed by atoms with Crippen LogP contribution in [0.3, 0.4) is 0 Å². The Kier molecular flexibility index (Phi) is 9.08. The molecule has 4 fully saturated rings. The molecule has 5 rings (SSSR count). The van der Waals surface area contributed by atoms with Crippen molar-refractivity contribution >= 4 is 22.9 Å². The number of hydrogen-bond donors (Lipinski definition) is 2. The number of ether oxygens (including phenoxy) is 1. The molecule has 1 aromatic carbocycles. The van der Waals surface area contributed by atoms with Gasteiger partial charge in [-0.25, -0.2) is 4.79 Å². The second-order valence-corrected chi connectivity index (χ2v) is 15.5. The minimum absolute atomic E-state index is 0.0693. The molecule has 0 aliphatic heterocycles. The predicted octanol–water partition coefficient (Wildman–Crippen LogP) is 9.21. The van der Waals surface area contributed by atoms with Crippen molar-refractivity contribution in [2.75, 3.05) is 11.5 Å². The van der Waals surface area contributed by atoms with E-state index in [2.05, 4.69) is 52.7 Å². The summed E-state index contributed by atoms with van der Waals surface area (Å²) in [4.78, 5) is 13.4. The molecule has 0 aromatic heterocycles. The molecule has 0 spiro atoms. The standard InChI is InChI=1S/C38H56N2O2/c1-7-9-30(29-15-13-27(39)23-35(29)40)36(41)42-28-18-20-37(5)26(22-28)12-14-31-33-17-16-32(25(4)11-8-10-24(2)3)38(33,6)21-19-34(31)37/h13,15,23-26,28,31-34H,1,8,10-12,14,16-22,39-40H2,2-6H3. The number of nitrogen functional groups attached to an aromatic ring is 2. The van der Waals surface area contributed by atoms with Crippen molar-refractivity contribution < 1.29 is 9.53 Å². The van der Waals surface area contributed by atoms with Crippen molar-refractivity contribution in [2.24, 2.45) is 52.3 Å². The molecule has 9 atom stereocenters. The maximum atomic E-state index is 13.4. The Hall–Kier alpha value is -2.41. The van der Waals surface area contributed by atoms with Crippen LogP contribution in [-0.2, 0) is 9.53 Å². The van der Waals surface area contributed by atoms with Gasteiger partial charge in [0.1, 0.15) is 11.7 Å². The van der Waals surface area contributed by atoms with Gasteiger partial charge in [0.2, 0.25) is 0 Å². The van der Waals surface area contributed by atoms with Crippen molar-refractivity contribution in [1.82, 2.24) is 0 Å². The Balaban J connectivity index is 1.24. The number of anilines is 2. The maximum Gasteiger partial charge on any atom is 0.347 e. The van der Waals surface area contributed by atoms with Crippen LogP contribution in [0, 0.1) is 52.3 Å². The summed E-state index contributed by atoms with van der Waals surface area (Å²) in [6.07, 6.45) is 15.4. The van der Waals surface area contributed by atoms with E-state index in [0.29, 0.717) is 33.7 Å². The maximum absolute atomic E-state index is 13.4. The van der Waals surface area contributed by atoms with Gasteiger partial charge in [0, 0.05) is 16.9 Å². The third-order valence-corrected chi connectivity index (χ3v) is 12.9. The summed E-state index contributed by atoms with van der Waals surface area (Å²) < 4.78 is 6.16. The van der Waals surface area contributed by atoms with E-state index in [0.717, 1.165) is 54.8 Å². The molecule has 230 valence electrons. The van der Waals surface area contributed by atoms with Crippen LogP contribution in [-0.4, -0.2) is 12.1 Å². The second kappa shape index (κ2) is 12.3. The number of fused-ring (bicyclic) bond motifs is 5. The highest BCUT2D eigenvalue weighted by Gasteiger charge is 2.60. The first-order valence-corrected chi connectivity index (χ1v) is 17.0. The molecule has 0 bridgehead atoms. The highest BCUT2D eigenvalue weighted by Crippen LogP contribution is 2.68. The molecule has 4 heteroatoms. The molecule has 4 nitrogen and oxygen atoms in total. The zero-order valence-electron chi connectivity index (χ0n) is 27.0. The summed E-state index contributed by atoms with van der Waals surface area (Å²) in [5.74, 6) is 5.38. The quantitative estimate of drug-likeness (QED) is 0.141. The highest BCUT2D eigenvalue weighted by molar-refractivity contribution is 6.17. The molecule has 0 radical (unpaired) electrons. The van der Waals surface area contributed by atoms with Crippen LogP contribution in [0.1, 0.15) is 117 Å². The number of rotatable bonds is 8. The zero-order chi connectivity index (χ0) is 30.2. The summed E-state index contributed by atoms with van der Waals surface area (Å²) in [6, 6.07) is 5.15. The highest BCUT2D eigenvalue weighted by atomic mass is 16.5. The van der Waals surface area contributed by atoms with E-state index in [1.807, 2.05) is 0 Å². The van der Waals surface area contributed by atoms with Crippen molar-refractivity contribution in [1.29, 1.82) is 0 Å². The summed E-state index contributed by atoms with van der Waals surface area (Å²) in [5, 5.41) is 0. The van der Waals surface area contributed by atoms with E-state index < -0.39 is 5.97 Å². The van der Waals surface area contributed by atoms with E-state index in [1.54, 1.807) is 18.2 Å². The van der Waals surface area contributed by atoms with Crippen LogP contribution >= 0.6 is 0 Å². The largest absolute Gasteiger partial charge is 0.458 e. The SMILES string of the molecule is C=C=C=C(C(=O)OC1CCC2(C)C(CCC3C2CCC2(C)C(C(C)CCCC(C)C)CCC32)C1)c1ccc(N)cc1N. The third kappa shape index (κ3) is 5.75. The summed E-state index contributed by atoms with van der Waals surface area (Å²) >= 11 is 0. The number of benzene rings is 1. The van der Waals surface area contributed by atoms with E-state index in [-0.39, 0.29) is 11.7 Å². The molecule has 4 aliphatic rings. The third-order valence-electron chi connectivity index (χ3n) is 12.9. The lowest BCUT2D eigenvalue weighted by atomic mass is 9.44. The average Bonchev–Trinajstić information content (AvgIpc) is 3.29. The van der Waals surface area contributed by atoms with Gasteiger partial charge < -0.3 is 16.2 Å². The lowest BCUT2D eigenvalue weighted by Gasteiger charge is -2.61. The Labute approximate surface area is 255 Å². The minimum Gasteiger partial charge on any atom is -0.458 e. The van der Waals surface area contributed by atoms with E-state index in [4.69, 9.17) is 16.2 Å². The fraction of sp³-hybridized carbons (Fsp3) is 0.711. The monoisotopic (exact) mass is 572 g/mol. The van der Waals surface area contributed by atoms with E-state index >= 15 is 0 Å². The molecule has 4 N–H and O–H groups in total. The van der Waals surface area contributed by atoms with Gasteiger partial charge in [0.25, 0.3) is 0 Å². The van der Waals surface area contributed by atoms with E-state index in [1.165, 1.54) is 57.8 Å². The Morgan fingerprint density at radius 1 is 1.00 bits per heavy atom. The van der Waals surface area contributed by atoms with Crippen LogP contribution in [0.4, 0.5) is 11.4 Å². The van der Waals surface area contributed by atoms with Gasteiger partial charge in [-0.05, 0) is 135 Å². The molecule has 0 amide bonds. The first-order valence-electron chi connectivity index (χ1n) is 17.0. The van der Waals surface area contributed by atoms with Crippen molar-refractivity contribution in [3.63, 3.8) is 0 Å². The molecule has 9 unspecified atom stereocenters. The summed E-state index contributed by atoms with van der Waals surface area (Å²) in [5.41, 5.74) is 20.3. The normalized spacial score (nSPS) is 36.1. The van der Waals surface area contributed by atoms with Gasteiger partial charge in [0.15, 0.2) is 0 Å². The summed E-state index contributed by atoms with van der Waals surface area (Å²) in [6.45, 7) is 16.2. The molecular formula is C38H56N2O2. The lowest BCUT2D eigenvalue weighted by Crippen LogP contribution is -2.54.